The molecule has 3 nitrogen and oxygen atoms in total. The molecule has 1 aliphatic rings. The predicted octanol–water partition coefficient (Wildman–Crippen LogP) is 3.87. The lowest BCUT2D eigenvalue weighted by Crippen LogP contribution is -2.04. The summed E-state index contributed by atoms with van der Waals surface area (Å²) in [6.07, 6.45) is 4.00. The van der Waals surface area contributed by atoms with E-state index in [-0.39, 0.29) is 0 Å². The Morgan fingerprint density at radius 2 is 2.29 bits per heavy atom. The van der Waals surface area contributed by atoms with Gasteiger partial charge in [-0.1, -0.05) is 12.8 Å². The molecule has 1 fully saturated rings. The number of hydrogen-bond acceptors (Lipinski definition) is 4. The molecule has 0 amide bonds. The van der Waals surface area contributed by atoms with Crippen LogP contribution in [0, 0.1) is 12.8 Å². The fourth-order valence-corrected chi connectivity index (χ4v) is 3.05. The third kappa shape index (κ3) is 2.53. The van der Waals surface area contributed by atoms with Gasteiger partial charge >= 0.3 is 0 Å². The van der Waals surface area contributed by atoms with Crippen molar-refractivity contribution in [2.24, 2.45) is 5.92 Å². The Kier molecular flexibility index (Phi) is 2.92. The highest BCUT2D eigenvalue weighted by Crippen LogP contribution is 2.33. The third-order valence-electron chi connectivity index (χ3n) is 3.03. The number of aryl methyl sites for hydroxylation is 1. The van der Waals surface area contributed by atoms with Crippen LogP contribution in [0.4, 0.5) is 5.82 Å². The molecule has 0 saturated heterocycles. The number of rotatable bonds is 4. The summed E-state index contributed by atoms with van der Waals surface area (Å²) in [7, 11) is 0. The van der Waals surface area contributed by atoms with Crippen LogP contribution in [-0.4, -0.2) is 16.5 Å². The van der Waals surface area contributed by atoms with Crippen LogP contribution in [0.2, 0.25) is 5.28 Å². The molecule has 0 spiro atoms. The van der Waals surface area contributed by atoms with Crippen LogP contribution in [0.1, 0.15) is 24.1 Å². The van der Waals surface area contributed by atoms with Gasteiger partial charge in [0.25, 0.3) is 0 Å². The van der Waals surface area contributed by atoms with Crippen molar-refractivity contribution in [2.75, 3.05) is 11.9 Å². The van der Waals surface area contributed by atoms with E-state index in [1.165, 1.54) is 24.1 Å². The average molecular weight is 268 g/mol. The Balaban J connectivity index is 1.84. The second-order valence-electron chi connectivity index (χ2n) is 4.58. The van der Waals surface area contributed by atoms with E-state index in [4.69, 9.17) is 11.6 Å². The van der Waals surface area contributed by atoms with Crippen molar-refractivity contribution in [1.82, 2.24) is 9.97 Å². The van der Waals surface area contributed by atoms with E-state index in [0.717, 1.165) is 28.5 Å². The zero-order valence-corrected chi connectivity index (χ0v) is 11.2. The first-order valence-electron chi connectivity index (χ1n) is 5.90. The maximum absolute atomic E-state index is 5.93. The number of thiophene rings is 1. The zero-order valence-electron chi connectivity index (χ0n) is 9.66. The molecule has 0 unspecified atom stereocenters. The van der Waals surface area contributed by atoms with E-state index in [9.17, 15) is 0 Å². The Morgan fingerprint density at radius 3 is 3.06 bits per heavy atom. The summed E-state index contributed by atoms with van der Waals surface area (Å²) in [5.41, 5.74) is 0. The Hall–Kier alpha value is -0.870. The summed E-state index contributed by atoms with van der Waals surface area (Å²) in [6.45, 7) is 3.05. The number of nitrogens with one attached hydrogen (secondary N) is 1. The number of hydrogen-bond donors (Lipinski definition) is 1. The SMILES string of the molecule is Cc1cc2c(NCCC3CC3)nc(Cl)nc2s1. The molecule has 3 rings (SSSR count). The quantitative estimate of drug-likeness (QED) is 0.855. The van der Waals surface area contributed by atoms with Crippen LogP contribution in [0.3, 0.4) is 0 Å². The maximum atomic E-state index is 5.93. The molecule has 90 valence electrons. The van der Waals surface area contributed by atoms with Gasteiger partial charge in [0, 0.05) is 11.4 Å². The molecule has 2 heterocycles. The number of halogens is 1. The Labute approximate surface area is 109 Å². The molecule has 0 radical (unpaired) electrons. The van der Waals surface area contributed by atoms with Gasteiger partial charge in [-0.2, -0.15) is 0 Å². The van der Waals surface area contributed by atoms with Crippen molar-refractivity contribution in [3.05, 3.63) is 16.2 Å². The van der Waals surface area contributed by atoms with Crippen LogP contribution >= 0.6 is 22.9 Å². The van der Waals surface area contributed by atoms with Crippen LogP contribution in [0.25, 0.3) is 10.2 Å². The summed E-state index contributed by atoms with van der Waals surface area (Å²) < 4.78 is 0. The van der Waals surface area contributed by atoms with Crippen molar-refractivity contribution in [1.29, 1.82) is 0 Å². The van der Waals surface area contributed by atoms with E-state index in [1.54, 1.807) is 11.3 Å². The lowest BCUT2D eigenvalue weighted by molar-refractivity contribution is 0.759. The highest BCUT2D eigenvalue weighted by Gasteiger charge is 2.20. The lowest BCUT2D eigenvalue weighted by Gasteiger charge is -2.06. The molecule has 2 aromatic heterocycles. The molecule has 0 atom stereocenters. The summed E-state index contributed by atoms with van der Waals surface area (Å²) in [5, 5.41) is 4.80. The number of aromatic nitrogens is 2. The van der Waals surface area contributed by atoms with Crippen molar-refractivity contribution in [3.63, 3.8) is 0 Å². The monoisotopic (exact) mass is 267 g/mol. The van der Waals surface area contributed by atoms with E-state index in [0.29, 0.717) is 5.28 Å². The molecule has 0 aromatic carbocycles. The van der Waals surface area contributed by atoms with Gasteiger partial charge in [-0.05, 0) is 36.9 Å². The summed E-state index contributed by atoms with van der Waals surface area (Å²) in [6, 6.07) is 2.12. The minimum absolute atomic E-state index is 0.327. The predicted molar refractivity (Wildman–Crippen MR) is 73.0 cm³/mol. The molecular formula is C12H14ClN3S. The van der Waals surface area contributed by atoms with Crippen LogP contribution in [0.5, 0.6) is 0 Å². The topological polar surface area (TPSA) is 37.8 Å². The minimum Gasteiger partial charge on any atom is -0.369 e. The van der Waals surface area contributed by atoms with E-state index < -0.39 is 0 Å². The second kappa shape index (κ2) is 4.42. The summed E-state index contributed by atoms with van der Waals surface area (Å²) in [5.74, 6) is 1.81. The fraction of sp³-hybridized carbons (Fsp3) is 0.500. The zero-order chi connectivity index (χ0) is 11.8. The molecule has 0 bridgehead atoms. The summed E-state index contributed by atoms with van der Waals surface area (Å²) >= 11 is 7.59. The number of anilines is 1. The molecule has 0 aliphatic heterocycles. The fourth-order valence-electron chi connectivity index (χ4n) is 1.95. The minimum atomic E-state index is 0.327. The molecule has 5 heteroatoms. The Morgan fingerprint density at radius 1 is 1.47 bits per heavy atom. The molecule has 2 aromatic rings. The van der Waals surface area contributed by atoms with Crippen LogP contribution in [0.15, 0.2) is 6.07 Å². The molecular weight excluding hydrogens is 254 g/mol. The first-order valence-corrected chi connectivity index (χ1v) is 7.09. The van der Waals surface area contributed by atoms with Crippen molar-refractivity contribution in [2.45, 2.75) is 26.2 Å². The highest BCUT2D eigenvalue weighted by molar-refractivity contribution is 7.18. The summed E-state index contributed by atoms with van der Waals surface area (Å²) in [4.78, 5) is 10.7. The van der Waals surface area contributed by atoms with Gasteiger partial charge in [0.2, 0.25) is 5.28 Å². The van der Waals surface area contributed by atoms with Crippen molar-refractivity contribution < 1.29 is 0 Å². The largest absolute Gasteiger partial charge is 0.369 e. The van der Waals surface area contributed by atoms with E-state index in [2.05, 4.69) is 28.3 Å². The van der Waals surface area contributed by atoms with Crippen LogP contribution in [-0.2, 0) is 0 Å². The highest BCUT2D eigenvalue weighted by atomic mass is 35.5. The molecule has 1 N–H and O–H groups in total. The van der Waals surface area contributed by atoms with Gasteiger partial charge in [-0.15, -0.1) is 11.3 Å². The molecule has 1 saturated carbocycles. The van der Waals surface area contributed by atoms with Crippen molar-refractivity contribution >= 4 is 39.0 Å². The van der Waals surface area contributed by atoms with Crippen molar-refractivity contribution in [3.8, 4) is 0 Å². The Bertz CT molecular complexity index is 548. The third-order valence-corrected chi connectivity index (χ3v) is 4.14. The lowest BCUT2D eigenvalue weighted by atomic mass is 10.3. The van der Waals surface area contributed by atoms with Gasteiger partial charge < -0.3 is 5.32 Å². The van der Waals surface area contributed by atoms with Gasteiger partial charge in [0.1, 0.15) is 10.6 Å². The average Bonchev–Trinajstić information content (AvgIpc) is 3.00. The van der Waals surface area contributed by atoms with Gasteiger partial charge in [0.15, 0.2) is 0 Å². The molecule has 17 heavy (non-hydrogen) atoms. The first kappa shape index (κ1) is 11.2. The van der Waals surface area contributed by atoms with Gasteiger partial charge in [-0.3, -0.25) is 0 Å². The van der Waals surface area contributed by atoms with E-state index in [1.807, 2.05) is 0 Å². The van der Waals surface area contributed by atoms with Crippen LogP contribution < -0.4 is 5.32 Å². The second-order valence-corrected chi connectivity index (χ2v) is 6.15. The number of fused-ring (bicyclic) bond motifs is 1. The molecule has 1 aliphatic carbocycles. The van der Waals surface area contributed by atoms with Gasteiger partial charge in [0.05, 0.1) is 5.39 Å². The number of nitrogens with zero attached hydrogens (tertiary/aromatic N) is 2. The van der Waals surface area contributed by atoms with E-state index >= 15 is 0 Å². The normalized spacial score (nSPS) is 15.4. The standard InChI is InChI=1S/C12H14ClN3S/c1-7-6-9-10(14-5-4-8-2-3-8)15-12(13)16-11(9)17-7/h6,8H,2-5H2,1H3,(H,14,15,16). The van der Waals surface area contributed by atoms with Gasteiger partial charge in [-0.25, -0.2) is 9.97 Å². The smallest absolute Gasteiger partial charge is 0.225 e. The maximum Gasteiger partial charge on any atom is 0.225 e. The first-order chi connectivity index (χ1) is 8.22.